The summed E-state index contributed by atoms with van der Waals surface area (Å²) in [6.45, 7) is 1.90. The zero-order chi connectivity index (χ0) is 10.2. The SMILES string of the molecule is N=C(N)N1C[C@H]2CCCC[C@@]2(CO)C1. The van der Waals surface area contributed by atoms with E-state index in [-0.39, 0.29) is 18.0 Å². The summed E-state index contributed by atoms with van der Waals surface area (Å²) in [5.41, 5.74) is 5.54. The molecule has 2 rings (SSSR count). The Morgan fingerprint density at radius 2 is 2.36 bits per heavy atom. The van der Waals surface area contributed by atoms with Crippen molar-refractivity contribution < 1.29 is 5.11 Å². The largest absolute Gasteiger partial charge is 0.396 e. The summed E-state index contributed by atoms with van der Waals surface area (Å²) >= 11 is 0. The van der Waals surface area contributed by atoms with Gasteiger partial charge in [0, 0.05) is 18.5 Å². The minimum Gasteiger partial charge on any atom is -0.396 e. The van der Waals surface area contributed by atoms with Gasteiger partial charge in [-0.3, -0.25) is 5.41 Å². The van der Waals surface area contributed by atoms with Crippen molar-refractivity contribution in [1.82, 2.24) is 4.90 Å². The average Bonchev–Trinajstić information content (AvgIpc) is 2.57. The second-order valence-corrected chi connectivity index (χ2v) is 4.73. The molecule has 2 fully saturated rings. The Balaban J connectivity index is 2.14. The number of aliphatic hydroxyl groups excluding tert-OH is 1. The number of nitrogens with zero attached hydrogens (tertiary/aromatic N) is 1. The number of likely N-dealkylation sites (tertiary alicyclic amines) is 1. The highest BCUT2D eigenvalue weighted by atomic mass is 16.3. The molecule has 1 aliphatic carbocycles. The second-order valence-electron chi connectivity index (χ2n) is 4.73. The van der Waals surface area contributed by atoms with Crippen molar-refractivity contribution in [2.24, 2.45) is 17.1 Å². The van der Waals surface area contributed by atoms with E-state index in [1.807, 2.05) is 4.90 Å². The molecule has 0 amide bonds. The van der Waals surface area contributed by atoms with Gasteiger partial charge in [0.05, 0.1) is 6.61 Å². The number of nitrogens with two attached hydrogens (primary N) is 1. The fraction of sp³-hybridized carbons (Fsp3) is 0.900. The summed E-state index contributed by atoms with van der Waals surface area (Å²) in [5.74, 6) is 0.706. The van der Waals surface area contributed by atoms with Crippen LogP contribution in [0.25, 0.3) is 0 Å². The number of hydrogen-bond donors (Lipinski definition) is 3. The molecule has 1 heterocycles. The van der Waals surface area contributed by atoms with E-state index in [4.69, 9.17) is 11.1 Å². The van der Waals surface area contributed by atoms with Crippen LogP contribution in [0.1, 0.15) is 25.7 Å². The summed E-state index contributed by atoms with van der Waals surface area (Å²) in [4.78, 5) is 1.91. The Bertz CT molecular complexity index is 244. The van der Waals surface area contributed by atoms with Crippen molar-refractivity contribution in [3.63, 3.8) is 0 Å². The molecule has 0 unspecified atom stereocenters. The van der Waals surface area contributed by atoms with Gasteiger partial charge in [0.1, 0.15) is 0 Å². The predicted octanol–water partition coefficient (Wildman–Crippen LogP) is 0.364. The molecule has 14 heavy (non-hydrogen) atoms. The van der Waals surface area contributed by atoms with Crippen LogP contribution in [0, 0.1) is 16.7 Å². The first-order valence-electron chi connectivity index (χ1n) is 5.38. The number of fused-ring (bicyclic) bond motifs is 1. The first-order chi connectivity index (χ1) is 6.68. The van der Waals surface area contributed by atoms with E-state index in [9.17, 15) is 5.11 Å². The summed E-state index contributed by atoms with van der Waals surface area (Å²) in [6, 6.07) is 0. The normalized spacial score (nSPS) is 36.9. The molecule has 0 spiro atoms. The monoisotopic (exact) mass is 197 g/mol. The third-order valence-corrected chi connectivity index (χ3v) is 3.95. The van der Waals surface area contributed by atoms with Crippen LogP contribution in [0.2, 0.25) is 0 Å². The van der Waals surface area contributed by atoms with E-state index in [0.717, 1.165) is 19.5 Å². The number of rotatable bonds is 1. The van der Waals surface area contributed by atoms with Crippen molar-refractivity contribution in [1.29, 1.82) is 5.41 Å². The summed E-state index contributed by atoms with van der Waals surface area (Å²) < 4.78 is 0. The molecule has 0 aromatic rings. The second kappa shape index (κ2) is 3.42. The number of guanidine groups is 1. The Hall–Kier alpha value is -0.770. The van der Waals surface area contributed by atoms with Crippen LogP contribution in [0.3, 0.4) is 0 Å². The Morgan fingerprint density at radius 3 is 2.93 bits per heavy atom. The van der Waals surface area contributed by atoms with Gasteiger partial charge in [0.15, 0.2) is 5.96 Å². The van der Waals surface area contributed by atoms with Crippen LogP contribution in [0.5, 0.6) is 0 Å². The molecule has 1 aliphatic heterocycles. The van der Waals surface area contributed by atoms with Gasteiger partial charge >= 0.3 is 0 Å². The lowest BCUT2D eigenvalue weighted by Crippen LogP contribution is -2.39. The Kier molecular flexibility index (Phi) is 2.39. The lowest BCUT2D eigenvalue weighted by molar-refractivity contribution is 0.0602. The predicted molar refractivity (Wildman–Crippen MR) is 55.0 cm³/mol. The van der Waals surface area contributed by atoms with E-state index in [2.05, 4.69) is 0 Å². The molecule has 4 heteroatoms. The summed E-state index contributed by atoms with van der Waals surface area (Å²) in [7, 11) is 0. The van der Waals surface area contributed by atoms with Crippen molar-refractivity contribution >= 4 is 5.96 Å². The number of nitrogens with one attached hydrogen (secondary N) is 1. The molecular formula is C10H19N3O. The molecule has 80 valence electrons. The molecular weight excluding hydrogens is 178 g/mol. The minimum atomic E-state index is 0.0456. The Labute approximate surface area is 84.6 Å². The minimum absolute atomic E-state index is 0.0456. The highest BCUT2D eigenvalue weighted by molar-refractivity contribution is 5.75. The molecule has 1 saturated heterocycles. The molecule has 2 atom stereocenters. The van der Waals surface area contributed by atoms with Crippen molar-refractivity contribution in [2.45, 2.75) is 25.7 Å². The first kappa shape index (κ1) is 9.77. The molecule has 0 aromatic carbocycles. The van der Waals surface area contributed by atoms with E-state index in [1.54, 1.807) is 0 Å². The topological polar surface area (TPSA) is 73.3 Å². The van der Waals surface area contributed by atoms with Crippen molar-refractivity contribution in [3.8, 4) is 0 Å². The van der Waals surface area contributed by atoms with E-state index in [0.29, 0.717) is 5.92 Å². The zero-order valence-electron chi connectivity index (χ0n) is 8.50. The lowest BCUT2D eigenvalue weighted by Gasteiger charge is -2.36. The highest BCUT2D eigenvalue weighted by Gasteiger charge is 2.47. The molecule has 4 nitrogen and oxygen atoms in total. The molecule has 1 saturated carbocycles. The van der Waals surface area contributed by atoms with E-state index in [1.165, 1.54) is 19.3 Å². The van der Waals surface area contributed by atoms with Crippen LogP contribution in [-0.4, -0.2) is 35.7 Å². The van der Waals surface area contributed by atoms with Crippen LogP contribution >= 0.6 is 0 Å². The highest BCUT2D eigenvalue weighted by Crippen LogP contribution is 2.46. The van der Waals surface area contributed by atoms with Crippen LogP contribution in [-0.2, 0) is 0 Å². The van der Waals surface area contributed by atoms with Gasteiger partial charge in [-0.25, -0.2) is 0 Å². The smallest absolute Gasteiger partial charge is 0.188 e. The van der Waals surface area contributed by atoms with Gasteiger partial charge < -0.3 is 15.7 Å². The molecule has 0 bridgehead atoms. The lowest BCUT2D eigenvalue weighted by atomic mass is 9.69. The van der Waals surface area contributed by atoms with E-state index < -0.39 is 0 Å². The molecule has 0 aromatic heterocycles. The third kappa shape index (κ3) is 1.38. The molecule has 0 radical (unpaired) electrons. The van der Waals surface area contributed by atoms with Gasteiger partial charge in [-0.15, -0.1) is 0 Å². The summed E-state index contributed by atoms with van der Waals surface area (Å²) in [6.07, 6.45) is 4.75. The van der Waals surface area contributed by atoms with Crippen LogP contribution in [0.15, 0.2) is 0 Å². The number of aliphatic hydroxyl groups is 1. The van der Waals surface area contributed by atoms with Crippen LogP contribution in [0.4, 0.5) is 0 Å². The fourth-order valence-corrected chi connectivity index (χ4v) is 3.02. The summed E-state index contributed by atoms with van der Waals surface area (Å²) in [5, 5.41) is 16.9. The maximum atomic E-state index is 9.51. The van der Waals surface area contributed by atoms with Gasteiger partial charge in [-0.2, -0.15) is 0 Å². The van der Waals surface area contributed by atoms with Crippen molar-refractivity contribution in [3.05, 3.63) is 0 Å². The molecule has 4 N–H and O–H groups in total. The quantitative estimate of drug-likeness (QED) is 0.420. The molecule has 2 aliphatic rings. The number of hydrogen-bond acceptors (Lipinski definition) is 2. The third-order valence-electron chi connectivity index (χ3n) is 3.95. The van der Waals surface area contributed by atoms with Crippen LogP contribution < -0.4 is 5.73 Å². The maximum Gasteiger partial charge on any atom is 0.188 e. The standard InChI is InChI=1S/C10H19N3O/c11-9(12)13-5-8-3-1-2-4-10(8,6-13)7-14/h8,14H,1-7H2,(H3,11,12)/t8-,10+/m1/s1. The van der Waals surface area contributed by atoms with Crippen molar-refractivity contribution in [2.75, 3.05) is 19.7 Å². The zero-order valence-corrected chi connectivity index (χ0v) is 8.50. The van der Waals surface area contributed by atoms with Gasteiger partial charge in [-0.05, 0) is 18.8 Å². The first-order valence-corrected chi connectivity index (χ1v) is 5.38. The fourth-order valence-electron chi connectivity index (χ4n) is 3.02. The Morgan fingerprint density at radius 1 is 1.57 bits per heavy atom. The van der Waals surface area contributed by atoms with Gasteiger partial charge in [0.2, 0.25) is 0 Å². The average molecular weight is 197 g/mol. The van der Waals surface area contributed by atoms with Gasteiger partial charge in [-0.1, -0.05) is 12.8 Å². The maximum absolute atomic E-state index is 9.51. The van der Waals surface area contributed by atoms with E-state index >= 15 is 0 Å². The van der Waals surface area contributed by atoms with Gasteiger partial charge in [0.25, 0.3) is 0 Å².